The summed E-state index contributed by atoms with van der Waals surface area (Å²) in [6, 6.07) is 12.6. The number of anilines is 1. The standard InChI is InChI=1S/C24H22ClN3O4S/c1-14-19(15(2)32-27-14)13-33-24-26-21(11-16-5-8-18(30-3)9-6-16)23(29)28(24)17-7-10-20(25)22(12-17)31-4/h5-12H,13H2,1-4H3/b21-11-. The molecule has 33 heavy (non-hydrogen) atoms. The van der Waals surface area contributed by atoms with Crippen molar-refractivity contribution in [2.75, 3.05) is 19.1 Å². The van der Waals surface area contributed by atoms with Gasteiger partial charge in [-0.05, 0) is 49.8 Å². The Labute approximate surface area is 201 Å². The van der Waals surface area contributed by atoms with E-state index in [1.807, 2.05) is 38.1 Å². The van der Waals surface area contributed by atoms with E-state index < -0.39 is 0 Å². The molecule has 3 aromatic rings. The van der Waals surface area contributed by atoms with E-state index in [4.69, 9.17) is 25.6 Å². The van der Waals surface area contributed by atoms with Crippen LogP contribution >= 0.6 is 23.4 Å². The summed E-state index contributed by atoms with van der Waals surface area (Å²) in [6.45, 7) is 3.76. The fraction of sp³-hybridized carbons (Fsp3) is 0.208. The summed E-state index contributed by atoms with van der Waals surface area (Å²) in [5, 5.41) is 5.02. The molecule has 2 aromatic carbocycles. The predicted octanol–water partition coefficient (Wildman–Crippen LogP) is 5.64. The van der Waals surface area contributed by atoms with Crippen molar-refractivity contribution in [3.8, 4) is 11.5 Å². The van der Waals surface area contributed by atoms with Crippen molar-refractivity contribution in [1.29, 1.82) is 0 Å². The molecule has 2 heterocycles. The first-order valence-electron chi connectivity index (χ1n) is 10.1. The van der Waals surface area contributed by atoms with E-state index in [1.165, 1.54) is 18.9 Å². The van der Waals surface area contributed by atoms with E-state index in [2.05, 4.69) is 10.1 Å². The maximum Gasteiger partial charge on any atom is 0.283 e. The number of carbonyl (C=O) groups excluding carboxylic acids is 1. The molecular weight excluding hydrogens is 462 g/mol. The lowest BCUT2D eigenvalue weighted by Gasteiger charge is -2.19. The third-order valence-electron chi connectivity index (χ3n) is 5.17. The van der Waals surface area contributed by atoms with Crippen LogP contribution in [-0.2, 0) is 10.5 Å². The van der Waals surface area contributed by atoms with Gasteiger partial charge in [0.25, 0.3) is 5.91 Å². The predicted molar refractivity (Wildman–Crippen MR) is 131 cm³/mol. The molecule has 1 aliphatic heterocycles. The number of aryl methyl sites for hydroxylation is 2. The molecular formula is C24H22ClN3O4S. The second-order valence-electron chi connectivity index (χ2n) is 7.25. The Kier molecular flexibility index (Phi) is 6.76. The molecule has 0 radical (unpaired) electrons. The maximum atomic E-state index is 13.4. The van der Waals surface area contributed by atoms with Crippen LogP contribution in [0.2, 0.25) is 5.02 Å². The molecule has 0 bridgehead atoms. The van der Waals surface area contributed by atoms with Crippen molar-refractivity contribution in [2.24, 2.45) is 4.99 Å². The number of amidine groups is 1. The van der Waals surface area contributed by atoms with Crippen molar-refractivity contribution >= 4 is 46.2 Å². The minimum absolute atomic E-state index is 0.239. The number of ether oxygens (including phenoxy) is 2. The molecule has 1 amide bonds. The molecule has 0 saturated heterocycles. The number of rotatable bonds is 6. The molecule has 0 spiro atoms. The van der Waals surface area contributed by atoms with E-state index in [1.54, 1.807) is 36.3 Å². The van der Waals surface area contributed by atoms with Gasteiger partial charge in [0.15, 0.2) is 5.17 Å². The van der Waals surface area contributed by atoms with Crippen LogP contribution in [-0.4, -0.2) is 30.5 Å². The fourth-order valence-electron chi connectivity index (χ4n) is 3.31. The van der Waals surface area contributed by atoms with Gasteiger partial charge in [-0.2, -0.15) is 0 Å². The van der Waals surface area contributed by atoms with Crippen molar-refractivity contribution in [3.63, 3.8) is 0 Å². The minimum atomic E-state index is -0.239. The highest BCUT2D eigenvalue weighted by Crippen LogP contribution is 2.35. The lowest BCUT2D eigenvalue weighted by atomic mass is 10.2. The Morgan fingerprint density at radius 2 is 1.88 bits per heavy atom. The number of aliphatic imine (C=N–C) groups is 1. The molecule has 4 rings (SSSR count). The number of carbonyl (C=O) groups is 1. The van der Waals surface area contributed by atoms with Crippen LogP contribution < -0.4 is 14.4 Å². The number of hydrogen-bond donors (Lipinski definition) is 0. The lowest BCUT2D eigenvalue weighted by molar-refractivity contribution is -0.113. The molecule has 9 heteroatoms. The summed E-state index contributed by atoms with van der Waals surface area (Å²) >= 11 is 7.63. The van der Waals surface area contributed by atoms with Crippen LogP contribution in [0.5, 0.6) is 11.5 Å². The highest BCUT2D eigenvalue weighted by Gasteiger charge is 2.33. The summed E-state index contributed by atoms with van der Waals surface area (Å²) in [5.74, 6) is 2.29. The SMILES string of the molecule is COc1ccc(/C=C2\N=C(SCc3c(C)noc3C)N(c3ccc(Cl)c(OC)c3)C2=O)cc1. The normalized spacial score (nSPS) is 14.7. The van der Waals surface area contributed by atoms with Crippen molar-refractivity contribution in [3.05, 3.63) is 75.8 Å². The lowest BCUT2D eigenvalue weighted by Crippen LogP contribution is -2.30. The molecule has 0 aliphatic carbocycles. The number of aromatic nitrogens is 1. The average Bonchev–Trinajstić information content (AvgIpc) is 3.31. The van der Waals surface area contributed by atoms with Crippen LogP contribution in [0.15, 0.2) is 57.7 Å². The van der Waals surface area contributed by atoms with E-state index in [0.29, 0.717) is 33.1 Å². The van der Waals surface area contributed by atoms with E-state index in [0.717, 1.165) is 28.3 Å². The maximum absolute atomic E-state index is 13.4. The Morgan fingerprint density at radius 3 is 2.52 bits per heavy atom. The van der Waals surface area contributed by atoms with Gasteiger partial charge in [0.2, 0.25) is 0 Å². The summed E-state index contributed by atoms with van der Waals surface area (Å²) < 4.78 is 15.8. The van der Waals surface area contributed by atoms with Gasteiger partial charge in [-0.25, -0.2) is 4.99 Å². The summed E-state index contributed by atoms with van der Waals surface area (Å²) in [7, 11) is 3.14. The fourth-order valence-corrected chi connectivity index (χ4v) is 4.67. The van der Waals surface area contributed by atoms with E-state index in [9.17, 15) is 4.79 Å². The number of nitrogens with zero attached hydrogens (tertiary/aromatic N) is 3. The molecule has 0 unspecified atom stereocenters. The van der Waals surface area contributed by atoms with Gasteiger partial charge in [-0.1, -0.05) is 40.7 Å². The third kappa shape index (κ3) is 4.77. The molecule has 0 fully saturated rings. The molecule has 0 saturated carbocycles. The van der Waals surface area contributed by atoms with Crippen LogP contribution in [0.25, 0.3) is 6.08 Å². The van der Waals surface area contributed by atoms with Gasteiger partial charge in [0.1, 0.15) is 23.0 Å². The van der Waals surface area contributed by atoms with Crippen LogP contribution in [0.1, 0.15) is 22.6 Å². The molecule has 0 atom stereocenters. The molecule has 1 aromatic heterocycles. The van der Waals surface area contributed by atoms with Crippen molar-refractivity contribution in [1.82, 2.24) is 5.16 Å². The van der Waals surface area contributed by atoms with Gasteiger partial charge in [-0.3, -0.25) is 9.69 Å². The van der Waals surface area contributed by atoms with E-state index >= 15 is 0 Å². The third-order valence-corrected chi connectivity index (χ3v) is 6.45. The Balaban J connectivity index is 1.70. The summed E-state index contributed by atoms with van der Waals surface area (Å²) in [6.07, 6.45) is 1.76. The number of amides is 1. The molecule has 0 N–H and O–H groups in total. The quantitative estimate of drug-likeness (QED) is 0.422. The first-order chi connectivity index (χ1) is 15.9. The van der Waals surface area contributed by atoms with Gasteiger partial charge >= 0.3 is 0 Å². The Hall–Kier alpha value is -3.23. The average molecular weight is 484 g/mol. The zero-order chi connectivity index (χ0) is 23.5. The topological polar surface area (TPSA) is 77.2 Å². The summed E-state index contributed by atoms with van der Waals surface area (Å²) in [5.41, 5.74) is 3.59. The number of halogens is 1. The number of benzene rings is 2. The number of hydrogen-bond acceptors (Lipinski definition) is 7. The van der Waals surface area contributed by atoms with Gasteiger partial charge in [0, 0.05) is 17.4 Å². The first kappa shape index (κ1) is 22.9. The number of methoxy groups -OCH3 is 2. The second kappa shape index (κ2) is 9.72. The molecule has 7 nitrogen and oxygen atoms in total. The zero-order valence-electron chi connectivity index (χ0n) is 18.6. The van der Waals surface area contributed by atoms with Crippen LogP contribution in [0.3, 0.4) is 0 Å². The zero-order valence-corrected chi connectivity index (χ0v) is 20.2. The highest BCUT2D eigenvalue weighted by molar-refractivity contribution is 8.13. The van der Waals surface area contributed by atoms with Gasteiger partial charge in [0.05, 0.1) is 30.6 Å². The molecule has 1 aliphatic rings. The summed E-state index contributed by atoms with van der Waals surface area (Å²) in [4.78, 5) is 19.7. The van der Waals surface area contributed by atoms with Crippen LogP contribution in [0.4, 0.5) is 5.69 Å². The minimum Gasteiger partial charge on any atom is -0.497 e. The Morgan fingerprint density at radius 1 is 1.12 bits per heavy atom. The van der Waals surface area contributed by atoms with Crippen LogP contribution in [0, 0.1) is 13.8 Å². The number of thioether (sulfide) groups is 1. The molecule has 170 valence electrons. The monoisotopic (exact) mass is 483 g/mol. The van der Waals surface area contributed by atoms with Crippen molar-refractivity contribution in [2.45, 2.75) is 19.6 Å². The van der Waals surface area contributed by atoms with Gasteiger partial charge in [-0.15, -0.1) is 0 Å². The Bertz CT molecular complexity index is 1230. The second-order valence-corrected chi connectivity index (χ2v) is 8.60. The van der Waals surface area contributed by atoms with Crippen molar-refractivity contribution < 1.29 is 18.8 Å². The largest absolute Gasteiger partial charge is 0.497 e. The smallest absolute Gasteiger partial charge is 0.283 e. The van der Waals surface area contributed by atoms with E-state index in [-0.39, 0.29) is 5.91 Å². The van der Waals surface area contributed by atoms with Gasteiger partial charge < -0.3 is 14.0 Å². The first-order valence-corrected chi connectivity index (χ1v) is 11.4. The highest BCUT2D eigenvalue weighted by atomic mass is 35.5.